The molecule has 1 aromatic rings. The quantitative estimate of drug-likeness (QED) is 0.149. The lowest BCUT2D eigenvalue weighted by atomic mass is 10.1. The van der Waals surface area contributed by atoms with Crippen LogP contribution in [0.5, 0.6) is 0 Å². The van der Waals surface area contributed by atoms with Crippen LogP contribution in [-0.2, 0) is 19.2 Å². The van der Waals surface area contributed by atoms with Crippen LogP contribution in [-0.4, -0.2) is 63.3 Å². The van der Waals surface area contributed by atoms with Crippen molar-refractivity contribution in [3.8, 4) is 0 Å². The zero-order valence-electron chi connectivity index (χ0n) is 15.0. The monoisotopic (exact) mass is 428 g/mol. The maximum Gasteiger partial charge on any atom is 0.326 e. The second-order valence-electron chi connectivity index (χ2n) is 5.79. The van der Waals surface area contributed by atoms with Gasteiger partial charge in [0.15, 0.2) is 0 Å². The van der Waals surface area contributed by atoms with Crippen molar-refractivity contribution in [2.75, 3.05) is 17.6 Å². The second-order valence-corrected chi connectivity index (χ2v) is 6.16. The van der Waals surface area contributed by atoms with Crippen molar-refractivity contribution in [1.29, 1.82) is 0 Å². The number of carboxylic acid groups (broad SMARTS) is 2. The summed E-state index contributed by atoms with van der Waals surface area (Å²) in [6, 6.07) is 2.88. The van der Waals surface area contributed by atoms with Gasteiger partial charge in [-0.1, -0.05) is 0 Å². The van der Waals surface area contributed by atoms with Crippen molar-refractivity contribution in [3.63, 3.8) is 0 Å². The highest BCUT2D eigenvalue weighted by atomic mass is 32.1. The molecule has 0 bridgehead atoms. The van der Waals surface area contributed by atoms with Gasteiger partial charge in [0.2, 0.25) is 11.8 Å². The lowest BCUT2D eigenvalue weighted by Crippen LogP contribution is -2.49. The van der Waals surface area contributed by atoms with E-state index in [1.807, 2.05) is 0 Å². The number of thiol groups is 1. The Bertz CT molecular complexity index is 771. The molecule has 0 fully saturated rings. The van der Waals surface area contributed by atoms with Crippen LogP contribution in [0.1, 0.15) is 12.8 Å². The predicted octanol–water partition coefficient (Wildman–Crippen LogP) is -0.144. The van der Waals surface area contributed by atoms with Crippen molar-refractivity contribution in [3.05, 3.63) is 34.4 Å². The smallest absolute Gasteiger partial charge is 0.326 e. The number of anilines is 1. The third kappa shape index (κ3) is 8.47. The van der Waals surface area contributed by atoms with E-state index in [0.29, 0.717) is 5.69 Å². The van der Waals surface area contributed by atoms with E-state index in [-0.39, 0.29) is 24.3 Å². The fourth-order valence-corrected chi connectivity index (χ4v) is 2.42. The molecular formula is C16H20N4O8S. The molecule has 5 N–H and O–H groups in total. The molecule has 0 aliphatic rings. The van der Waals surface area contributed by atoms with Crippen LogP contribution in [0.3, 0.4) is 0 Å². The topological polar surface area (TPSA) is 188 Å². The first kappa shape index (κ1) is 23.7. The standard InChI is InChI=1S/C16H20N4O8S/c21-13(19-12(8-29)15(24)17-7-14(22)23)6-5-11(16(25)26)18-9-1-3-10(4-2-9)20(27)28/h1-4,11-12,18,29H,5-8H2,(H,17,24)(H,19,21)(H,22,23)(H,25,26)/t11-,12-/m0/s1. The maximum atomic E-state index is 12.0. The minimum atomic E-state index is -1.25. The highest BCUT2D eigenvalue weighted by Gasteiger charge is 2.22. The zero-order valence-corrected chi connectivity index (χ0v) is 15.9. The number of non-ortho nitro benzene ring substituents is 1. The van der Waals surface area contributed by atoms with Crippen molar-refractivity contribution < 1.29 is 34.3 Å². The van der Waals surface area contributed by atoms with E-state index in [1.54, 1.807) is 0 Å². The number of nitro groups is 1. The van der Waals surface area contributed by atoms with Crippen LogP contribution in [0.4, 0.5) is 11.4 Å². The Balaban J connectivity index is 2.60. The molecule has 0 aliphatic carbocycles. The van der Waals surface area contributed by atoms with E-state index in [9.17, 15) is 34.4 Å². The fourth-order valence-electron chi connectivity index (χ4n) is 2.16. The predicted molar refractivity (Wildman–Crippen MR) is 104 cm³/mol. The summed E-state index contributed by atoms with van der Waals surface area (Å²) in [5.41, 5.74) is 0.172. The molecule has 0 saturated heterocycles. The van der Waals surface area contributed by atoms with E-state index in [0.717, 1.165) is 0 Å². The van der Waals surface area contributed by atoms with Crippen molar-refractivity contribution >= 4 is 47.8 Å². The molecule has 1 aromatic carbocycles. The minimum Gasteiger partial charge on any atom is -0.480 e. The van der Waals surface area contributed by atoms with Crippen LogP contribution in [0.25, 0.3) is 0 Å². The van der Waals surface area contributed by atoms with Crippen molar-refractivity contribution in [2.45, 2.75) is 24.9 Å². The van der Waals surface area contributed by atoms with Crippen LogP contribution >= 0.6 is 12.6 Å². The Hall–Kier alpha value is -3.35. The van der Waals surface area contributed by atoms with Gasteiger partial charge in [-0.2, -0.15) is 12.6 Å². The first-order chi connectivity index (χ1) is 13.6. The average molecular weight is 428 g/mol. The Morgan fingerprint density at radius 1 is 1.10 bits per heavy atom. The molecule has 29 heavy (non-hydrogen) atoms. The van der Waals surface area contributed by atoms with Crippen LogP contribution < -0.4 is 16.0 Å². The normalized spacial score (nSPS) is 12.3. The molecule has 0 heterocycles. The molecule has 1 rings (SSSR count). The number of rotatable bonds is 12. The van der Waals surface area contributed by atoms with Gasteiger partial charge < -0.3 is 26.2 Å². The van der Waals surface area contributed by atoms with E-state index >= 15 is 0 Å². The summed E-state index contributed by atoms with van der Waals surface area (Å²) < 4.78 is 0. The Labute approximate surface area is 170 Å². The minimum absolute atomic E-state index is 0.0827. The third-order valence-electron chi connectivity index (χ3n) is 3.63. The molecule has 13 heteroatoms. The van der Waals surface area contributed by atoms with Gasteiger partial charge in [-0.25, -0.2) is 4.79 Å². The van der Waals surface area contributed by atoms with E-state index < -0.39 is 47.3 Å². The van der Waals surface area contributed by atoms with Crippen LogP contribution in [0.2, 0.25) is 0 Å². The SMILES string of the molecule is O=C(O)CNC(=O)[C@H](CS)NC(=O)CC[C@H](Nc1ccc([N+](=O)[O-])cc1)C(=O)O. The number of aliphatic carboxylic acids is 2. The molecule has 0 spiro atoms. The summed E-state index contributed by atoms with van der Waals surface area (Å²) in [6.07, 6.45) is -0.373. The summed E-state index contributed by atoms with van der Waals surface area (Å²) in [5, 5.41) is 35.6. The van der Waals surface area contributed by atoms with Crippen molar-refractivity contribution in [2.24, 2.45) is 0 Å². The van der Waals surface area contributed by atoms with E-state index in [2.05, 4.69) is 28.6 Å². The number of carbonyl (C=O) groups excluding carboxylic acids is 2. The largest absolute Gasteiger partial charge is 0.480 e. The first-order valence-corrected chi connectivity index (χ1v) is 8.90. The lowest BCUT2D eigenvalue weighted by molar-refractivity contribution is -0.384. The van der Waals surface area contributed by atoms with Gasteiger partial charge in [0.1, 0.15) is 18.6 Å². The lowest BCUT2D eigenvalue weighted by Gasteiger charge is -2.18. The zero-order chi connectivity index (χ0) is 22.0. The summed E-state index contributed by atoms with van der Waals surface area (Å²) in [5.74, 6) is -3.91. The highest BCUT2D eigenvalue weighted by molar-refractivity contribution is 7.80. The van der Waals surface area contributed by atoms with E-state index in [1.165, 1.54) is 24.3 Å². The number of hydrogen-bond acceptors (Lipinski definition) is 8. The summed E-state index contributed by atoms with van der Waals surface area (Å²) >= 11 is 3.93. The van der Waals surface area contributed by atoms with E-state index in [4.69, 9.17) is 5.11 Å². The summed E-state index contributed by atoms with van der Waals surface area (Å²) in [7, 11) is 0. The number of amides is 2. The molecular weight excluding hydrogens is 408 g/mol. The van der Waals surface area contributed by atoms with Gasteiger partial charge >= 0.3 is 11.9 Å². The molecule has 2 amide bonds. The molecule has 0 saturated carbocycles. The van der Waals surface area contributed by atoms with Gasteiger partial charge in [0.25, 0.3) is 5.69 Å². The van der Waals surface area contributed by atoms with Gasteiger partial charge in [-0.3, -0.25) is 24.5 Å². The number of nitro benzene ring substituents is 1. The Morgan fingerprint density at radius 3 is 2.21 bits per heavy atom. The molecule has 0 unspecified atom stereocenters. The number of nitrogens with one attached hydrogen (secondary N) is 3. The summed E-state index contributed by atoms with van der Waals surface area (Å²) in [6.45, 7) is -0.612. The van der Waals surface area contributed by atoms with Gasteiger partial charge in [-0.15, -0.1) is 0 Å². The molecule has 2 atom stereocenters. The fraction of sp³-hybridized carbons (Fsp3) is 0.375. The van der Waals surface area contributed by atoms with Gasteiger partial charge in [0, 0.05) is 30.0 Å². The number of nitrogens with zero attached hydrogens (tertiary/aromatic N) is 1. The van der Waals surface area contributed by atoms with Crippen molar-refractivity contribution in [1.82, 2.24) is 10.6 Å². The molecule has 12 nitrogen and oxygen atoms in total. The first-order valence-electron chi connectivity index (χ1n) is 8.27. The Morgan fingerprint density at radius 2 is 1.72 bits per heavy atom. The summed E-state index contributed by atoms with van der Waals surface area (Å²) in [4.78, 5) is 55.7. The van der Waals surface area contributed by atoms with Gasteiger partial charge in [-0.05, 0) is 18.6 Å². The number of carboxylic acids is 2. The van der Waals surface area contributed by atoms with Crippen LogP contribution in [0.15, 0.2) is 24.3 Å². The number of carbonyl (C=O) groups is 4. The highest BCUT2D eigenvalue weighted by Crippen LogP contribution is 2.17. The molecule has 0 aliphatic heterocycles. The molecule has 0 radical (unpaired) electrons. The average Bonchev–Trinajstić information content (AvgIpc) is 2.67. The van der Waals surface area contributed by atoms with Crippen LogP contribution in [0, 0.1) is 10.1 Å². The molecule has 158 valence electrons. The second kappa shape index (κ2) is 11.5. The number of hydrogen-bond donors (Lipinski definition) is 6. The maximum absolute atomic E-state index is 12.0. The Kier molecular flexibility index (Phi) is 9.38. The molecule has 0 aromatic heterocycles. The van der Waals surface area contributed by atoms with Gasteiger partial charge in [0.05, 0.1) is 4.92 Å². The third-order valence-corrected chi connectivity index (χ3v) is 3.99. The number of benzene rings is 1.